The molecule has 3 heteroatoms. The van der Waals surface area contributed by atoms with Gasteiger partial charge in [0.2, 0.25) is 0 Å². The fourth-order valence-electron chi connectivity index (χ4n) is 2.41. The van der Waals surface area contributed by atoms with E-state index in [0.717, 1.165) is 38.5 Å². The molecule has 0 aromatic heterocycles. The minimum absolute atomic E-state index is 0.962. The molecule has 1 saturated heterocycles. The number of nitrogens with zero attached hydrogens (tertiary/aromatic N) is 2. The van der Waals surface area contributed by atoms with Crippen LogP contribution in [0.2, 0.25) is 0 Å². The minimum atomic E-state index is 0.962. The number of piperazine rings is 1. The topological polar surface area (TPSA) is 6.48 Å². The van der Waals surface area contributed by atoms with Crippen molar-refractivity contribution in [2.24, 2.45) is 0 Å². The Hall–Kier alpha value is -0.670. The molecule has 0 aliphatic carbocycles. The third-order valence-electron chi connectivity index (χ3n) is 3.49. The van der Waals surface area contributed by atoms with E-state index in [4.69, 9.17) is 0 Å². The molecule has 0 radical (unpaired) electrons. The molecule has 1 fully saturated rings. The molecule has 0 amide bonds. The summed E-state index contributed by atoms with van der Waals surface area (Å²) in [5.74, 6) is 0.962. The molecule has 17 heavy (non-hydrogen) atoms. The van der Waals surface area contributed by atoms with E-state index in [9.17, 15) is 0 Å². The monoisotopic (exact) mass is 250 g/mol. The van der Waals surface area contributed by atoms with Crippen LogP contribution < -0.4 is 4.90 Å². The zero-order chi connectivity index (χ0) is 12.3. The zero-order valence-corrected chi connectivity index (χ0v) is 11.7. The number of hydrogen-bond donors (Lipinski definition) is 1. The minimum Gasteiger partial charge on any atom is -0.369 e. The summed E-state index contributed by atoms with van der Waals surface area (Å²) in [6.07, 6.45) is 0. The van der Waals surface area contributed by atoms with Crippen LogP contribution in [0.15, 0.2) is 18.2 Å². The van der Waals surface area contributed by atoms with Crippen LogP contribution in [0.3, 0.4) is 0 Å². The average Bonchev–Trinajstić information content (AvgIpc) is 2.34. The first-order valence-electron chi connectivity index (χ1n) is 6.36. The second-order valence-corrected chi connectivity index (χ2v) is 5.29. The van der Waals surface area contributed by atoms with Gasteiger partial charge < -0.3 is 4.90 Å². The molecule has 0 N–H and O–H groups in total. The summed E-state index contributed by atoms with van der Waals surface area (Å²) in [7, 11) is 0. The SMILES string of the molecule is Cc1ccc(C)c(N2CCN(CCS)CC2)c1. The summed E-state index contributed by atoms with van der Waals surface area (Å²) < 4.78 is 0. The fourth-order valence-corrected chi connectivity index (χ4v) is 2.70. The number of hydrogen-bond acceptors (Lipinski definition) is 3. The highest BCUT2D eigenvalue weighted by Crippen LogP contribution is 2.22. The summed E-state index contributed by atoms with van der Waals surface area (Å²) in [5.41, 5.74) is 4.15. The van der Waals surface area contributed by atoms with Gasteiger partial charge in [0.25, 0.3) is 0 Å². The van der Waals surface area contributed by atoms with E-state index in [0.29, 0.717) is 0 Å². The lowest BCUT2D eigenvalue weighted by atomic mass is 10.1. The molecule has 1 aliphatic heterocycles. The molecule has 0 spiro atoms. The average molecular weight is 250 g/mol. The first kappa shape index (κ1) is 12.8. The molecule has 0 saturated carbocycles. The maximum Gasteiger partial charge on any atom is 0.0399 e. The zero-order valence-electron chi connectivity index (χ0n) is 10.8. The fraction of sp³-hybridized carbons (Fsp3) is 0.571. The maximum absolute atomic E-state index is 4.30. The van der Waals surface area contributed by atoms with Crippen molar-refractivity contribution in [2.75, 3.05) is 43.4 Å². The van der Waals surface area contributed by atoms with Crippen molar-refractivity contribution >= 4 is 18.3 Å². The lowest BCUT2D eigenvalue weighted by Gasteiger charge is -2.36. The van der Waals surface area contributed by atoms with Gasteiger partial charge in [-0.3, -0.25) is 4.90 Å². The van der Waals surface area contributed by atoms with Crippen LogP contribution in [0.25, 0.3) is 0 Å². The Morgan fingerprint density at radius 1 is 1.12 bits per heavy atom. The quantitative estimate of drug-likeness (QED) is 0.823. The predicted octanol–water partition coefficient (Wildman–Crippen LogP) is 2.36. The van der Waals surface area contributed by atoms with Crippen molar-refractivity contribution in [2.45, 2.75) is 13.8 Å². The highest BCUT2D eigenvalue weighted by Gasteiger charge is 2.17. The van der Waals surface area contributed by atoms with E-state index in [2.05, 4.69) is 54.5 Å². The van der Waals surface area contributed by atoms with Crippen molar-refractivity contribution in [1.82, 2.24) is 4.90 Å². The van der Waals surface area contributed by atoms with Gasteiger partial charge in [-0.05, 0) is 31.0 Å². The van der Waals surface area contributed by atoms with Crippen LogP contribution >= 0.6 is 12.6 Å². The van der Waals surface area contributed by atoms with E-state index in [-0.39, 0.29) is 0 Å². The van der Waals surface area contributed by atoms with E-state index in [1.54, 1.807) is 0 Å². The Morgan fingerprint density at radius 3 is 2.47 bits per heavy atom. The number of aryl methyl sites for hydroxylation is 2. The van der Waals surface area contributed by atoms with Crippen molar-refractivity contribution in [3.8, 4) is 0 Å². The van der Waals surface area contributed by atoms with Crippen LogP contribution in [-0.2, 0) is 0 Å². The normalized spacial score (nSPS) is 17.5. The standard InChI is InChI=1S/C14H22N2S/c1-12-3-4-13(2)14(11-12)16-7-5-15(6-8-16)9-10-17/h3-4,11,17H,5-10H2,1-2H3. The van der Waals surface area contributed by atoms with E-state index < -0.39 is 0 Å². The number of benzene rings is 1. The Kier molecular flexibility index (Phi) is 4.35. The van der Waals surface area contributed by atoms with Crippen LogP contribution in [0.4, 0.5) is 5.69 Å². The van der Waals surface area contributed by atoms with Gasteiger partial charge in [0.15, 0.2) is 0 Å². The van der Waals surface area contributed by atoms with E-state index >= 15 is 0 Å². The van der Waals surface area contributed by atoms with Gasteiger partial charge in [0, 0.05) is 44.2 Å². The van der Waals surface area contributed by atoms with Gasteiger partial charge in [-0.1, -0.05) is 12.1 Å². The Bertz CT molecular complexity index is 370. The van der Waals surface area contributed by atoms with Gasteiger partial charge >= 0.3 is 0 Å². The second-order valence-electron chi connectivity index (χ2n) is 4.84. The van der Waals surface area contributed by atoms with Crippen molar-refractivity contribution in [1.29, 1.82) is 0 Å². The molecule has 0 atom stereocenters. The summed E-state index contributed by atoms with van der Waals surface area (Å²) >= 11 is 4.30. The number of anilines is 1. The molecule has 2 rings (SSSR count). The largest absolute Gasteiger partial charge is 0.369 e. The summed E-state index contributed by atoms with van der Waals surface area (Å²) in [6, 6.07) is 6.73. The highest BCUT2D eigenvalue weighted by molar-refractivity contribution is 7.80. The van der Waals surface area contributed by atoms with Gasteiger partial charge in [0.1, 0.15) is 0 Å². The van der Waals surface area contributed by atoms with Crippen molar-refractivity contribution < 1.29 is 0 Å². The van der Waals surface area contributed by atoms with Gasteiger partial charge in [0.05, 0.1) is 0 Å². The molecule has 1 heterocycles. The summed E-state index contributed by atoms with van der Waals surface area (Å²) in [6.45, 7) is 10.1. The van der Waals surface area contributed by atoms with E-state index in [1.165, 1.54) is 16.8 Å². The van der Waals surface area contributed by atoms with Crippen LogP contribution in [-0.4, -0.2) is 43.4 Å². The number of thiol groups is 1. The molecule has 1 aliphatic rings. The third kappa shape index (κ3) is 3.17. The Labute approximate surface area is 110 Å². The summed E-state index contributed by atoms with van der Waals surface area (Å²) in [4.78, 5) is 5.01. The molecule has 0 bridgehead atoms. The lowest BCUT2D eigenvalue weighted by Crippen LogP contribution is -2.47. The molecule has 1 aromatic carbocycles. The molecular weight excluding hydrogens is 228 g/mol. The Morgan fingerprint density at radius 2 is 1.82 bits per heavy atom. The summed E-state index contributed by atoms with van der Waals surface area (Å²) in [5, 5.41) is 0. The van der Waals surface area contributed by atoms with E-state index in [1.807, 2.05) is 0 Å². The van der Waals surface area contributed by atoms with Gasteiger partial charge in [-0.2, -0.15) is 12.6 Å². The van der Waals surface area contributed by atoms with Gasteiger partial charge in [-0.25, -0.2) is 0 Å². The lowest BCUT2D eigenvalue weighted by molar-refractivity contribution is 0.273. The highest BCUT2D eigenvalue weighted by atomic mass is 32.1. The van der Waals surface area contributed by atoms with Crippen LogP contribution in [0, 0.1) is 13.8 Å². The number of rotatable bonds is 3. The van der Waals surface area contributed by atoms with Crippen LogP contribution in [0.5, 0.6) is 0 Å². The smallest absolute Gasteiger partial charge is 0.0399 e. The first-order chi connectivity index (χ1) is 8.20. The molecule has 94 valence electrons. The third-order valence-corrected chi connectivity index (χ3v) is 3.69. The predicted molar refractivity (Wildman–Crippen MR) is 78.4 cm³/mol. The van der Waals surface area contributed by atoms with Gasteiger partial charge in [-0.15, -0.1) is 0 Å². The molecule has 0 unspecified atom stereocenters. The molecular formula is C14H22N2S. The molecule has 1 aromatic rings. The Balaban J connectivity index is 2.02. The second kappa shape index (κ2) is 5.78. The molecule has 2 nitrogen and oxygen atoms in total. The van der Waals surface area contributed by atoms with Crippen molar-refractivity contribution in [3.05, 3.63) is 29.3 Å². The first-order valence-corrected chi connectivity index (χ1v) is 6.99. The maximum atomic E-state index is 4.30. The van der Waals surface area contributed by atoms with Crippen LogP contribution in [0.1, 0.15) is 11.1 Å². The van der Waals surface area contributed by atoms with Crippen molar-refractivity contribution in [3.63, 3.8) is 0 Å².